The van der Waals surface area contributed by atoms with Crippen molar-refractivity contribution in [2.45, 2.75) is 32.1 Å². The second-order valence-electron chi connectivity index (χ2n) is 8.08. The number of benzene rings is 1. The number of nitrogens with zero attached hydrogens (tertiary/aromatic N) is 2. The van der Waals surface area contributed by atoms with Crippen LogP contribution in [0.5, 0.6) is 0 Å². The van der Waals surface area contributed by atoms with E-state index in [4.69, 9.17) is 4.74 Å². The van der Waals surface area contributed by atoms with Crippen LogP contribution in [-0.2, 0) is 4.74 Å². The lowest BCUT2D eigenvalue weighted by atomic mass is 9.89. The Morgan fingerprint density at radius 3 is 2.57 bits per heavy atom. The quantitative estimate of drug-likeness (QED) is 0.625. The van der Waals surface area contributed by atoms with Gasteiger partial charge < -0.3 is 25.4 Å². The Morgan fingerprint density at radius 2 is 1.87 bits per heavy atom. The number of nitrogens with one attached hydrogen (secondary N) is 2. The number of pyridine rings is 1. The van der Waals surface area contributed by atoms with Crippen molar-refractivity contribution in [2.24, 2.45) is 5.92 Å². The van der Waals surface area contributed by atoms with Gasteiger partial charge in [0.1, 0.15) is 11.4 Å². The zero-order valence-corrected chi connectivity index (χ0v) is 17.3. The molecular weight excluding hydrogens is 380 g/mol. The van der Waals surface area contributed by atoms with Gasteiger partial charge in [-0.25, -0.2) is 9.78 Å². The number of carboxylic acids is 1. The SMILES string of the molecule is O=C(O)c1cnc(Nc2ccc(N3CCOCC3)cc2)cc1NCC1CCCCC1. The van der Waals surface area contributed by atoms with Crippen LogP contribution < -0.4 is 15.5 Å². The molecule has 0 spiro atoms. The zero-order valence-electron chi connectivity index (χ0n) is 17.3. The van der Waals surface area contributed by atoms with Crippen LogP contribution >= 0.6 is 0 Å². The molecule has 160 valence electrons. The number of hydrogen-bond acceptors (Lipinski definition) is 6. The van der Waals surface area contributed by atoms with Gasteiger partial charge in [0.25, 0.3) is 0 Å². The normalized spacial score (nSPS) is 17.5. The maximum absolute atomic E-state index is 11.6. The Morgan fingerprint density at radius 1 is 1.13 bits per heavy atom. The van der Waals surface area contributed by atoms with Gasteiger partial charge in [-0.1, -0.05) is 19.3 Å². The molecule has 7 heteroatoms. The van der Waals surface area contributed by atoms with Gasteiger partial charge in [-0.15, -0.1) is 0 Å². The summed E-state index contributed by atoms with van der Waals surface area (Å²) in [6.45, 7) is 4.13. The predicted octanol–water partition coefficient (Wildman–Crippen LogP) is 4.35. The second-order valence-corrected chi connectivity index (χ2v) is 8.08. The van der Waals surface area contributed by atoms with Gasteiger partial charge in [0.2, 0.25) is 0 Å². The lowest BCUT2D eigenvalue weighted by Crippen LogP contribution is -2.36. The summed E-state index contributed by atoms with van der Waals surface area (Å²) in [5, 5.41) is 16.2. The molecule has 3 N–H and O–H groups in total. The molecule has 1 aromatic heterocycles. The highest BCUT2D eigenvalue weighted by atomic mass is 16.5. The summed E-state index contributed by atoms with van der Waals surface area (Å²) in [4.78, 5) is 18.2. The fourth-order valence-electron chi connectivity index (χ4n) is 4.21. The average molecular weight is 411 g/mol. The Labute approximate surface area is 177 Å². The number of rotatable bonds is 7. The van der Waals surface area contributed by atoms with Crippen molar-refractivity contribution >= 4 is 28.8 Å². The second kappa shape index (κ2) is 9.80. The van der Waals surface area contributed by atoms with E-state index in [1.807, 2.05) is 12.1 Å². The first-order chi connectivity index (χ1) is 14.7. The standard InChI is InChI=1S/C23H30N4O3/c28-23(29)20-16-25-22(14-21(20)24-15-17-4-2-1-3-5-17)26-18-6-8-19(9-7-18)27-10-12-30-13-11-27/h6-9,14,16-17H,1-5,10-13,15H2,(H,28,29)(H2,24,25,26). The molecule has 0 bridgehead atoms. The number of carbonyl (C=O) groups is 1. The summed E-state index contributed by atoms with van der Waals surface area (Å²) in [7, 11) is 0. The van der Waals surface area contributed by atoms with Gasteiger partial charge >= 0.3 is 5.97 Å². The summed E-state index contributed by atoms with van der Waals surface area (Å²) < 4.78 is 5.41. The van der Waals surface area contributed by atoms with Crippen molar-refractivity contribution in [2.75, 3.05) is 48.4 Å². The first-order valence-corrected chi connectivity index (χ1v) is 10.9. The van der Waals surface area contributed by atoms with Crippen molar-refractivity contribution in [1.82, 2.24) is 4.98 Å². The first kappa shape index (κ1) is 20.5. The third-order valence-electron chi connectivity index (χ3n) is 5.96. The molecular formula is C23H30N4O3. The lowest BCUT2D eigenvalue weighted by Gasteiger charge is -2.28. The van der Waals surface area contributed by atoms with Gasteiger partial charge in [-0.2, -0.15) is 0 Å². The van der Waals surface area contributed by atoms with Crippen molar-refractivity contribution in [3.8, 4) is 0 Å². The number of aromatic carboxylic acids is 1. The number of anilines is 4. The largest absolute Gasteiger partial charge is 0.478 e. The molecule has 2 fully saturated rings. The maximum atomic E-state index is 11.6. The Balaban J connectivity index is 1.43. The molecule has 7 nitrogen and oxygen atoms in total. The van der Waals surface area contributed by atoms with E-state index in [0.29, 0.717) is 17.4 Å². The molecule has 4 rings (SSSR count). The molecule has 2 aromatic rings. The Kier molecular flexibility index (Phi) is 6.69. The minimum Gasteiger partial charge on any atom is -0.478 e. The number of carboxylic acid groups (broad SMARTS) is 1. The van der Waals surface area contributed by atoms with Crippen molar-refractivity contribution < 1.29 is 14.6 Å². The zero-order chi connectivity index (χ0) is 20.8. The third kappa shape index (κ3) is 5.21. The molecule has 0 amide bonds. The van der Waals surface area contributed by atoms with Crippen molar-refractivity contribution in [1.29, 1.82) is 0 Å². The Hall–Kier alpha value is -2.80. The van der Waals surface area contributed by atoms with Gasteiger partial charge in [-0.05, 0) is 43.0 Å². The summed E-state index contributed by atoms with van der Waals surface area (Å²) in [6.07, 6.45) is 7.69. The van der Waals surface area contributed by atoms with Gasteiger partial charge in [0.15, 0.2) is 0 Å². The van der Waals surface area contributed by atoms with E-state index in [1.54, 1.807) is 6.07 Å². The van der Waals surface area contributed by atoms with Crippen LogP contribution in [0.1, 0.15) is 42.5 Å². The van der Waals surface area contributed by atoms with Gasteiger partial charge in [-0.3, -0.25) is 0 Å². The van der Waals surface area contributed by atoms with Gasteiger partial charge in [0.05, 0.1) is 18.9 Å². The molecule has 1 saturated carbocycles. The number of morpholine rings is 1. The van der Waals surface area contributed by atoms with Crippen LogP contribution in [0.3, 0.4) is 0 Å². The van der Waals surface area contributed by atoms with Crippen molar-refractivity contribution in [3.05, 3.63) is 42.1 Å². The number of ether oxygens (including phenoxy) is 1. The molecule has 0 unspecified atom stereocenters. The van der Waals surface area contributed by atoms with Crippen LogP contribution in [0.2, 0.25) is 0 Å². The minimum atomic E-state index is -0.963. The predicted molar refractivity (Wildman–Crippen MR) is 119 cm³/mol. The summed E-state index contributed by atoms with van der Waals surface area (Å²) in [6, 6.07) is 10.0. The summed E-state index contributed by atoms with van der Waals surface area (Å²) in [5.41, 5.74) is 2.92. The minimum absolute atomic E-state index is 0.207. The lowest BCUT2D eigenvalue weighted by molar-refractivity contribution is 0.0697. The molecule has 1 aliphatic heterocycles. The topological polar surface area (TPSA) is 86.7 Å². The molecule has 2 heterocycles. The van der Waals surface area contributed by atoms with E-state index in [0.717, 1.165) is 38.5 Å². The van der Waals surface area contributed by atoms with E-state index in [1.165, 1.54) is 44.0 Å². The number of hydrogen-bond donors (Lipinski definition) is 3. The van der Waals surface area contributed by atoms with E-state index in [-0.39, 0.29) is 5.56 Å². The van der Waals surface area contributed by atoms with E-state index in [9.17, 15) is 9.90 Å². The average Bonchev–Trinajstić information content (AvgIpc) is 2.79. The molecule has 1 aromatic carbocycles. The van der Waals surface area contributed by atoms with Crippen LogP contribution in [0.4, 0.5) is 22.9 Å². The van der Waals surface area contributed by atoms with E-state index >= 15 is 0 Å². The van der Waals surface area contributed by atoms with Gasteiger partial charge in [0, 0.05) is 43.3 Å². The highest BCUT2D eigenvalue weighted by molar-refractivity contribution is 5.94. The van der Waals surface area contributed by atoms with Crippen LogP contribution in [0, 0.1) is 5.92 Å². The molecule has 30 heavy (non-hydrogen) atoms. The molecule has 0 atom stereocenters. The van der Waals surface area contributed by atoms with Crippen LogP contribution in [-0.4, -0.2) is 48.9 Å². The molecule has 0 radical (unpaired) electrons. The summed E-state index contributed by atoms with van der Waals surface area (Å²) in [5.74, 6) is 0.276. The smallest absolute Gasteiger partial charge is 0.339 e. The van der Waals surface area contributed by atoms with Crippen LogP contribution in [0.25, 0.3) is 0 Å². The maximum Gasteiger partial charge on any atom is 0.339 e. The summed E-state index contributed by atoms with van der Waals surface area (Å²) >= 11 is 0. The Bertz CT molecular complexity index is 844. The molecule has 2 aliphatic rings. The van der Waals surface area contributed by atoms with E-state index < -0.39 is 5.97 Å². The fraction of sp³-hybridized carbons (Fsp3) is 0.478. The number of aromatic nitrogens is 1. The molecule has 1 aliphatic carbocycles. The highest BCUT2D eigenvalue weighted by Crippen LogP contribution is 2.27. The first-order valence-electron chi connectivity index (χ1n) is 10.9. The van der Waals surface area contributed by atoms with Crippen molar-refractivity contribution in [3.63, 3.8) is 0 Å². The third-order valence-corrected chi connectivity index (χ3v) is 5.96. The molecule has 1 saturated heterocycles. The fourth-order valence-corrected chi connectivity index (χ4v) is 4.21. The monoisotopic (exact) mass is 410 g/mol. The highest BCUT2D eigenvalue weighted by Gasteiger charge is 2.17. The van der Waals surface area contributed by atoms with E-state index in [2.05, 4.69) is 32.7 Å². The van der Waals surface area contributed by atoms with Crippen LogP contribution in [0.15, 0.2) is 36.5 Å².